The standard InChI is InChI=1S/C16H26N4O2/c21-11-10-19-7-2-16(3-8-19)4-9-20(12-14(16)13-22)15-17-5-1-6-18-15/h1,5-6,14,21-22H,2-4,7-13H2/t14-/m0/s1. The van der Waals surface area contributed by atoms with Gasteiger partial charge in [0.05, 0.1) is 6.61 Å². The van der Waals surface area contributed by atoms with Gasteiger partial charge in [0.1, 0.15) is 0 Å². The number of likely N-dealkylation sites (tertiary alicyclic amines) is 1. The molecule has 0 aromatic carbocycles. The summed E-state index contributed by atoms with van der Waals surface area (Å²) in [6, 6.07) is 1.83. The topological polar surface area (TPSA) is 72.7 Å². The Bertz CT molecular complexity index is 462. The highest BCUT2D eigenvalue weighted by atomic mass is 16.3. The molecule has 0 aliphatic carbocycles. The van der Waals surface area contributed by atoms with Crippen LogP contribution < -0.4 is 4.90 Å². The molecule has 6 heteroatoms. The number of rotatable bonds is 4. The number of aliphatic hydroxyl groups excluding tert-OH is 2. The first kappa shape index (κ1) is 15.6. The van der Waals surface area contributed by atoms with Crippen LogP contribution in [0, 0.1) is 11.3 Å². The predicted octanol–water partition coefficient (Wildman–Crippen LogP) is 0.370. The molecule has 122 valence electrons. The van der Waals surface area contributed by atoms with Crippen molar-refractivity contribution in [3.8, 4) is 0 Å². The molecule has 2 fully saturated rings. The van der Waals surface area contributed by atoms with Gasteiger partial charge in [-0.15, -0.1) is 0 Å². The quantitative estimate of drug-likeness (QED) is 0.837. The lowest BCUT2D eigenvalue weighted by Crippen LogP contribution is -2.54. The molecule has 2 saturated heterocycles. The van der Waals surface area contributed by atoms with E-state index in [9.17, 15) is 5.11 Å². The van der Waals surface area contributed by atoms with Crippen molar-refractivity contribution in [3.05, 3.63) is 18.5 Å². The van der Waals surface area contributed by atoms with Crippen molar-refractivity contribution < 1.29 is 10.2 Å². The molecule has 2 aliphatic rings. The van der Waals surface area contributed by atoms with E-state index < -0.39 is 0 Å². The minimum Gasteiger partial charge on any atom is -0.396 e. The van der Waals surface area contributed by atoms with E-state index in [0.29, 0.717) is 0 Å². The summed E-state index contributed by atoms with van der Waals surface area (Å²) in [6.45, 7) is 5.07. The van der Waals surface area contributed by atoms with E-state index in [4.69, 9.17) is 5.11 Å². The number of aromatic nitrogens is 2. The van der Waals surface area contributed by atoms with E-state index in [2.05, 4.69) is 19.8 Å². The van der Waals surface area contributed by atoms with Crippen LogP contribution in [0.4, 0.5) is 5.95 Å². The molecule has 0 bridgehead atoms. The monoisotopic (exact) mass is 306 g/mol. The molecule has 22 heavy (non-hydrogen) atoms. The van der Waals surface area contributed by atoms with E-state index in [1.165, 1.54) is 0 Å². The molecular formula is C16H26N4O2. The summed E-state index contributed by atoms with van der Waals surface area (Å²) < 4.78 is 0. The lowest BCUT2D eigenvalue weighted by molar-refractivity contribution is -0.000370. The van der Waals surface area contributed by atoms with Gasteiger partial charge in [0.15, 0.2) is 0 Å². The zero-order valence-electron chi connectivity index (χ0n) is 13.1. The van der Waals surface area contributed by atoms with Crippen LogP contribution in [0.25, 0.3) is 0 Å². The normalized spacial score (nSPS) is 25.5. The molecule has 1 atom stereocenters. The lowest BCUT2D eigenvalue weighted by Gasteiger charge is -2.51. The van der Waals surface area contributed by atoms with Crippen LogP contribution in [0.2, 0.25) is 0 Å². The Morgan fingerprint density at radius 3 is 2.41 bits per heavy atom. The molecule has 0 radical (unpaired) electrons. The maximum absolute atomic E-state index is 9.92. The van der Waals surface area contributed by atoms with E-state index in [0.717, 1.165) is 57.9 Å². The molecule has 1 spiro atoms. The summed E-state index contributed by atoms with van der Waals surface area (Å²) in [7, 11) is 0. The summed E-state index contributed by atoms with van der Waals surface area (Å²) >= 11 is 0. The third-order valence-electron chi connectivity index (χ3n) is 5.51. The predicted molar refractivity (Wildman–Crippen MR) is 84.6 cm³/mol. The number of aliphatic hydroxyl groups is 2. The Kier molecular flexibility index (Phi) is 4.90. The van der Waals surface area contributed by atoms with Crippen LogP contribution >= 0.6 is 0 Å². The van der Waals surface area contributed by atoms with Crippen LogP contribution in [0.5, 0.6) is 0 Å². The Morgan fingerprint density at radius 1 is 1.09 bits per heavy atom. The minimum absolute atomic E-state index is 0.226. The Labute approximate surface area is 131 Å². The fourth-order valence-corrected chi connectivity index (χ4v) is 4.02. The third kappa shape index (κ3) is 3.09. The van der Waals surface area contributed by atoms with Gasteiger partial charge in [-0.05, 0) is 43.8 Å². The summed E-state index contributed by atoms with van der Waals surface area (Å²) in [5.74, 6) is 1.05. The molecule has 1 aromatic heterocycles. The zero-order chi connectivity index (χ0) is 15.4. The first-order chi connectivity index (χ1) is 10.8. The zero-order valence-corrected chi connectivity index (χ0v) is 13.1. The molecule has 3 rings (SSSR count). The van der Waals surface area contributed by atoms with Gasteiger partial charge in [-0.3, -0.25) is 0 Å². The van der Waals surface area contributed by atoms with Gasteiger partial charge in [0.2, 0.25) is 5.95 Å². The molecule has 3 heterocycles. The minimum atomic E-state index is 0.226. The van der Waals surface area contributed by atoms with Crippen molar-refractivity contribution in [1.82, 2.24) is 14.9 Å². The van der Waals surface area contributed by atoms with Crippen LogP contribution in [-0.2, 0) is 0 Å². The van der Waals surface area contributed by atoms with E-state index >= 15 is 0 Å². The smallest absolute Gasteiger partial charge is 0.225 e. The Morgan fingerprint density at radius 2 is 1.77 bits per heavy atom. The lowest BCUT2D eigenvalue weighted by atomic mass is 9.64. The van der Waals surface area contributed by atoms with Crippen molar-refractivity contribution in [2.75, 3.05) is 50.8 Å². The maximum Gasteiger partial charge on any atom is 0.225 e. The Hall–Kier alpha value is -1.24. The molecule has 2 N–H and O–H groups in total. The summed E-state index contributed by atoms with van der Waals surface area (Å²) in [5.41, 5.74) is 0.242. The fraction of sp³-hybridized carbons (Fsp3) is 0.750. The van der Waals surface area contributed by atoms with Gasteiger partial charge in [0.25, 0.3) is 0 Å². The van der Waals surface area contributed by atoms with Gasteiger partial charge in [0, 0.05) is 44.6 Å². The maximum atomic E-state index is 9.92. The van der Waals surface area contributed by atoms with Gasteiger partial charge < -0.3 is 20.0 Å². The van der Waals surface area contributed by atoms with Crippen LogP contribution in [-0.4, -0.2) is 71.0 Å². The molecule has 0 saturated carbocycles. The van der Waals surface area contributed by atoms with Crippen molar-refractivity contribution in [2.24, 2.45) is 11.3 Å². The molecule has 2 aliphatic heterocycles. The van der Waals surface area contributed by atoms with E-state index in [1.54, 1.807) is 12.4 Å². The number of hydrogen-bond donors (Lipinski definition) is 2. The van der Waals surface area contributed by atoms with Crippen molar-refractivity contribution in [1.29, 1.82) is 0 Å². The average Bonchev–Trinajstić information content (AvgIpc) is 2.58. The van der Waals surface area contributed by atoms with Gasteiger partial charge in [-0.2, -0.15) is 0 Å². The highest BCUT2D eigenvalue weighted by molar-refractivity contribution is 5.30. The van der Waals surface area contributed by atoms with Crippen LogP contribution in [0.15, 0.2) is 18.5 Å². The van der Waals surface area contributed by atoms with Crippen molar-refractivity contribution in [3.63, 3.8) is 0 Å². The summed E-state index contributed by atoms with van der Waals surface area (Å²) in [5, 5.41) is 19.0. The fourth-order valence-electron chi connectivity index (χ4n) is 4.02. The van der Waals surface area contributed by atoms with Gasteiger partial charge in [-0.25, -0.2) is 9.97 Å². The van der Waals surface area contributed by atoms with E-state index in [-0.39, 0.29) is 24.5 Å². The van der Waals surface area contributed by atoms with Crippen LogP contribution in [0.1, 0.15) is 19.3 Å². The third-order valence-corrected chi connectivity index (χ3v) is 5.51. The molecular weight excluding hydrogens is 280 g/mol. The second-order valence-electron chi connectivity index (χ2n) is 6.55. The average molecular weight is 306 g/mol. The molecule has 0 amide bonds. The molecule has 6 nitrogen and oxygen atoms in total. The number of nitrogens with zero attached hydrogens (tertiary/aromatic N) is 4. The highest BCUT2D eigenvalue weighted by Gasteiger charge is 2.44. The number of anilines is 1. The second kappa shape index (κ2) is 6.89. The first-order valence-electron chi connectivity index (χ1n) is 8.23. The molecule has 1 aromatic rings. The number of hydrogen-bond acceptors (Lipinski definition) is 6. The molecule has 0 unspecified atom stereocenters. The largest absolute Gasteiger partial charge is 0.396 e. The highest BCUT2D eigenvalue weighted by Crippen LogP contribution is 2.45. The van der Waals surface area contributed by atoms with Gasteiger partial charge in [-0.1, -0.05) is 0 Å². The number of piperidine rings is 2. The van der Waals surface area contributed by atoms with E-state index in [1.807, 2.05) is 6.07 Å². The van der Waals surface area contributed by atoms with Gasteiger partial charge >= 0.3 is 0 Å². The SMILES string of the molecule is OCCN1CCC2(CC1)CCN(c1ncccn1)C[C@H]2CO. The summed E-state index contributed by atoms with van der Waals surface area (Å²) in [4.78, 5) is 13.2. The van der Waals surface area contributed by atoms with Crippen molar-refractivity contribution in [2.45, 2.75) is 19.3 Å². The summed E-state index contributed by atoms with van der Waals surface area (Å²) in [6.07, 6.45) is 6.86. The second-order valence-corrected chi connectivity index (χ2v) is 6.55. The Balaban J connectivity index is 1.66. The van der Waals surface area contributed by atoms with Crippen LogP contribution in [0.3, 0.4) is 0 Å². The number of β-amino-alcohol motifs (C(OH)–C–C–N with tert-alkyl or cyclic N) is 1. The first-order valence-corrected chi connectivity index (χ1v) is 8.23. The van der Waals surface area contributed by atoms with Crippen molar-refractivity contribution >= 4 is 5.95 Å².